The molecule has 3 rings (SSSR count). The number of pyridine rings is 1. The first-order chi connectivity index (χ1) is 11.4. The van der Waals surface area contributed by atoms with Crippen LogP contribution in [0, 0.1) is 12.3 Å². The van der Waals surface area contributed by atoms with Crippen LogP contribution in [0.5, 0.6) is 0 Å². The number of aryl methyl sites for hydroxylation is 1. The molecule has 2 fully saturated rings. The fourth-order valence-electron chi connectivity index (χ4n) is 3.62. The largest absolute Gasteiger partial charge is 0.371 e. The Labute approximate surface area is 142 Å². The summed E-state index contributed by atoms with van der Waals surface area (Å²) in [5.41, 5.74) is 1.23. The zero-order valence-electron chi connectivity index (χ0n) is 14.6. The topological polar surface area (TPSA) is 62.7 Å². The summed E-state index contributed by atoms with van der Waals surface area (Å²) >= 11 is 0. The minimum absolute atomic E-state index is 0.0309. The van der Waals surface area contributed by atoms with Gasteiger partial charge in [0.15, 0.2) is 0 Å². The molecule has 0 N–H and O–H groups in total. The van der Waals surface area contributed by atoms with E-state index in [1.54, 1.807) is 6.20 Å². The number of amides is 2. The molecule has 2 saturated heterocycles. The van der Waals surface area contributed by atoms with Gasteiger partial charge in [-0.3, -0.25) is 14.6 Å². The third-order valence-electron chi connectivity index (χ3n) is 5.02. The molecule has 6 nitrogen and oxygen atoms in total. The maximum Gasteiger partial charge on any atom is 0.272 e. The molecule has 2 aliphatic heterocycles. The Bertz CT molecular complexity index is 646. The monoisotopic (exact) mass is 331 g/mol. The second-order valence-electron chi connectivity index (χ2n) is 7.25. The first-order valence-electron chi connectivity index (χ1n) is 8.50. The lowest BCUT2D eigenvalue weighted by molar-refractivity contribution is -0.135. The van der Waals surface area contributed by atoms with E-state index >= 15 is 0 Å². The third kappa shape index (κ3) is 3.15. The third-order valence-corrected chi connectivity index (χ3v) is 5.02. The average Bonchev–Trinajstić information content (AvgIpc) is 2.88. The highest BCUT2D eigenvalue weighted by atomic mass is 16.5. The van der Waals surface area contributed by atoms with Crippen molar-refractivity contribution >= 4 is 11.8 Å². The van der Waals surface area contributed by atoms with Crippen LogP contribution in [0.15, 0.2) is 18.3 Å². The van der Waals surface area contributed by atoms with Crippen molar-refractivity contribution in [3.8, 4) is 0 Å². The second kappa shape index (κ2) is 6.51. The Kier molecular flexibility index (Phi) is 4.58. The van der Waals surface area contributed by atoms with Crippen molar-refractivity contribution in [3.05, 3.63) is 29.6 Å². The second-order valence-corrected chi connectivity index (χ2v) is 7.25. The van der Waals surface area contributed by atoms with Crippen molar-refractivity contribution in [2.45, 2.75) is 33.2 Å². The van der Waals surface area contributed by atoms with E-state index in [1.165, 1.54) is 0 Å². The molecule has 1 aromatic heterocycles. The van der Waals surface area contributed by atoms with Gasteiger partial charge in [0, 0.05) is 37.3 Å². The van der Waals surface area contributed by atoms with Crippen LogP contribution in [-0.4, -0.2) is 65.5 Å². The van der Waals surface area contributed by atoms with Crippen molar-refractivity contribution in [1.82, 2.24) is 14.8 Å². The van der Waals surface area contributed by atoms with Crippen molar-refractivity contribution in [2.75, 3.05) is 32.8 Å². The maximum atomic E-state index is 12.8. The van der Waals surface area contributed by atoms with E-state index < -0.39 is 0 Å². The molecule has 0 saturated carbocycles. The number of carbonyl (C=O) groups excluding carboxylic acids is 2. The van der Waals surface area contributed by atoms with Crippen LogP contribution >= 0.6 is 0 Å². The smallest absolute Gasteiger partial charge is 0.272 e. The molecule has 6 heteroatoms. The van der Waals surface area contributed by atoms with Gasteiger partial charge in [0.25, 0.3) is 5.91 Å². The molecule has 2 amide bonds. The van der Waals surface area contributed by atoms with Crippen LogP contribution in [0.1, 0.15) is 36.3 Å². The number of carbonyl (C=O) groups is 2. The Hall–Kier alpha value is -1.95. The van der Waals surface area contributed by atoms with Crippen LogP contribution in [0.3, 0.4) is 0 Å². The van der Waals surface area contributed by atoms with Gasteiger partial charge in [-0.2, -0.15) is 0 Å². The lowest BCUT2D eigenvalue weighted by Gasteiger charge is -2.34. The fourth-order valence-corrected chi connectivity index (χ4v) is 3.62. The van der Waals surface area contributed by atoms with Gasteiger partial charge in [0.05, 0.1) is 6.61 Å². The minimum atomic E-state index is -0.172. The van der Waals surface area contributed by atoms with Crippen LogP contribution in [0.25, 0.3) is 0 Å². The highest BCUT2D eigenvalue weighted by Crippen LogP contribution is 2.35. The molecule has 1 aromatic rings. The van der Waals surface area contributed by atoms with E-state index in [2.05, 4.69) is 4.98 Å². The molecule has 0 aromatic carbocycles. The Balaban J connectivity index is 1.77. The first kappa shape index (κ1) is 16.9. The Morgan fingerprint density at radius 1 is 1.38 bits per heavy atom. The van der Waals surface area contributed by atoms with Crippen LogP contribution in [0.2, 0.25) is 0 Å². The lowest BCUT2D eigenvalue weighted by Crippen LogP contribution is -2.46. The Morgan fingerprint density at radius 2 is 2.17 bits per heavy atom. The van der Waals surface area contributed by atoms with Gasteiger partial charge in [0.1, 0.15) is 12.3 Å². The summed E-state index contributed by atoms with van der Waals surface area (Å²) in [5, 5.41) is 0. The standard InChI is InChI=1S/C18H25N3O3/c1-13(2)21-11-18(12-24-9-15(21)22)6-8-20(10-18)17(23)16-14(3)5-4-7-19-16/h4-5,7,13H,6,8-12H2,1-3H3. The molecule has 2 aliphatic rings. The SMILES string of the molecule is Cc1cccnc1C(=O)N1CCC2(COCC(=O)N(C(C)C)C2)C1. The number of rotatable bonds is 2. The zero-order chi connectivity index (χ0) is 17.3. The molecule has 1 unspecified atom stereocenters. The zero-order valence-corrected chi connectivity index (χ0v) is 14.6. The fraction of sp³-hybridized carbons (Fsp3) is 0.611. The predicted molar refractivity (Wildman–Crippen MR) is 89.6 cm³/mol. The van der Waals surface area contributed by atoms with Gasteiger partial charge in [-0.05, 0) is 38.8 Å². The highest BCUT2D eigenvalue weighted by molar-refractivity contribution is 5.93. The van der Waals surface area contributed by atoms with Crippen LogP contribution in [0.4, 0.5) is 0 Å². The van der Waals surface area contributed by atoms with E-state index in [9.17, 15) is 9.59 Å². The number of hydrogen-bond acceptors (Lipinski definition) is 4. The van der Waals surface area contributed by atoms with Crippen LogP contribution < -0.4 is 0 Å². The van der Waals surface area contributed by atoms with Crippen molar-refractivity contribution in [2.24, 2.45) is 5.41 Å². The van der Waals surface area contributed by atoms with Crippen molar-refractivity contribution < 1.29 is 14.3 Å². The van der Waals surface area contributed by atoms with Gasteiger partial charge in [-0.1, -0.05) is 6.07 Å². The molecule has 0 bridgehead atoms. The summed E-state index contributed by atoms with van der Waals surface area (Å²) in [5.74, 6) is 0.00358. The number of ether oxygens (including phenoxy) is 1. The van der Waals surface area contributed by atoms with Gasteiger partial charge >= 0.3 is 0 Å². The van der Waals surface area contributed by atoms with E-state index in [-0.39, 0.29) is 29.9 Å². The summed E-state index contributed by atoms with van der Waals surface area (Å²) in [6, 6.07) is 3.88. The molecule has 0 aliphatic carbocycles. The maximum absolute atomic E-state index is 12.8. The number of nitrogens with zero attached hydrogens (tertiary/aromatic N) is 3. The molecule has 1 atom stereocenters. The Morgan fingerprint density at radius 3 is 2.88 bits per heavy atom. The van der Waals surface area contributed by atoms with Crippen molar-refractivity contribution in [1.29, 1.82) is 0 Å². The summed E-state index contributed by atoms with van der Waals surface area (Å²) < 4.78 is 5.64. The highest BCUT2D eigenvalue weighted by Gasteiger charge is 2.44. The number of aromatic nitrogens is 1. The van der Waals surface area contributed by atoms with E-state index in [0.717, 1.165) is 12.0 Å². The molecule has 3 heterocycles. The van der Waals surface area contributed by atoms with Crippen molar-refractivity contribution in [3.63, 3.8) is 0 Å². The van der Waals surface area contributed by atoms with E-state index in [4.69, 9.17) is 4.74 Å². The average molecular weight is 331 g/mol. The number of hydrogen-bond donors (Lipinski definition) is 0. The summed E-state index contributed by atoms with van der Waals surface area (Å²) in [7, 11) is 0. The summed E-state index contributed by atoms with van der Waals surface area (Å²) in [4.78, 5) is 33.0. The molecule has 130 valence electrons. The van der Waals surface area contributed by atoms with Crippen LogP contribution in [-0.2, 0) is 9.53 Å². The predicted octanol–water partition coefficient (Wildman–Crippen LogP) is 1.49. The lowest BCUT2D eigenvalue weighted by atomic mass is 9.87. The molecular weight excluding hydrogens is 306 g/mol. The molecule has 1 spiro atoms. The molecule has 0 radical (unpaired) electrons. The molecule has 24 heavy (non-hydrogen) atoms. The summed E-state index contributed by atoms with van der Waals surface area (Å²) in [6.45, 7) is 8.53. The van der Waals surface area contributed by atoms with Gasteiger partial charge in [-0.15, -0.1) is 0 Å². The number of likely N-dealkylation sites (tertiary alicyclic amines) is 1. The quantitative estimate of drug-likeness (QED) is 0.824. The normalized spacial score (nSPS) is 24.8. The molecular formula is C18H25N3O3. The van der Waals surface area contributed by atoms with Gasteiger partial charge < -0.3 is 14.5 Å². The van der Waals surface area contributed by atoms with Gasteiger partial charge in [-0.25, -0.2) is 0 Å². The minimum Gasteiger partial charge on any atom is -0.371 e. The van der Waals surface area contributed by atoms with E-state index in [0.29, 0.717) is 31.9 Å². The summed E-state index contributed by atoms with van der Waals surface area (Å²) in [6.07, 6.45) is 2.50. The first-order valence-corrected chi connectivity index (χ1v) is 8.50. The van der Waals surface area contributed by atoms with E-state index in [1.807, 2.05) is 42.7 Å². The van der Waals surface area contributed by atoms with Gasteiger partial charge in [0.2, 0.25) is 5.91 Å².